The van der Waals surface area contributed by atoms with Crippen molar-refractivity contribution in [2.24, 2.45) is 5.73 Å². The highest BCUT2D eigenvalue weighted by Gasteiger charge is 2.08. The van der Waals surface area contributed by atoms with Crippen LogP contribution in [0.2, 0.25) is 0 Å². The van der Waals surface area contributed by atoms with Gasteiger partial charge in [-0.15, -0.1) is 0 Å². The highest BCUT2D eigenvalue weighted by molar-refractivity contribution is 5.73. The van der Waals surface area contributed by atoms with Crippen LogP contribution in [0.25, 0.3) is 0 Å². The lowest BCUT2D eigenvalue weighted by Gasteiger charge is -2.08. The first-order valence-corrected chi connectivity index (χ1v) is 5.07. The highest BCUT2D eigenvalue weighted by atomic mass is 16.6. The zero-order valence-corrected chi connectivity index (χ0v) is 9.18. The van der Waals surface area contributed by atoms with Crippen LogP contribution in [0.3, 0.4) is 0 Å². The van der Waals surface area contributed by atoms with Crippen molar-refractivity contribution < 1.29 is 9.72 Å². The molecule has 7 nitrogen and oxygen atoms in total. The van der Waals surface area contributed by atoms with Gasteiger partial charge in [-0.1, -0.05) is 0 Å². The number of amides is 1. The SMILES string of the molecule is NC(=O)CCCNc1ccc([N+](=O)[O-])cc1N. The normalized spacial score (nSPS) is 9.88. The molecule has 1 rings (SSSR count). The number of hydrogen-bond donors (Lipinski definition) is 3. The third-order valence-electron chi connectivity index (χ3n) is 2.16. The molecule has 0 unspecified atom stereocenters. The van der Waals surface area contributed by atoms with Crippen LogP contribution in [0.4, 0.5) is 17.1 Å². The van der Waals surface area contributed by atoms with Gasteiger partial charge in [0.05, 0.1) is 16.3 Å². The van der Waals surface area contributed by atoms with E-state index in [4.69, 9.17) is 11.5 Å². The molecule has 0 heterocycles. The predicted octanol–water partition coefficient (Wildman–Crippen LogP) is 0.854. The Morgan fingerprint density at radius 2 is 2.18 bits per heavy atom. The van der Waals surface area contributed by atoms with E-state index in [1.807, 2.05) is 0 Å². The number of nitrogens with one attached hydrogen (secondary N) is 1. The smallest absolute Gasteiger partial charge is 0.271 e. The van der Waals surface area contributed by atoms with Crippen LogP contribution in [0.15, 0.2) is 18.2 Å². The maximum Gasteiger partial charge on any atom is 0.271 e. The third-order valence-corrected chi connectivity index (χ3v) is 2.16. The Kier molecular flexibility index (Phi) is 4.27. The molecule has 17 heavy (non-hydrogen) atoms. The van der Waals surface area contributed by atoms with Gasteiger partial charge < -0.3 is 16.8 Å². The van der Waals surface area contributed by atoms with E-state index in [0.29, 0.717) is 30.8 Å². The standard InChI is InChI=1S/C10H14N4O3/c11-8-6-7(14(16)17)3-4-9(8)13-5-1-2-10(12)15/h3-4,6,13H,1-2,5,11H2,(H2,12,15). The van der Waals surface area contributed by atoms with Crippen molar-refractivity contribution in [1.29, 1.82) is 0 Å². The molecule has 0 bridgehead atoms. The van der Waals surface area contributed by atoms with E-state index in [-0.39, 0.29) is 11.6 Å². The van der Waals surface area contributed by atoms with Crippen molar-refractivity contribution in [2.75, 3.05) is 17.6 Å². The molecular weight excluding hydrogens is 224 g/mol. The van der Waals surface area contributed by atoms with Gasteiger partial charge >= 0.3 is 0 Å². The summed E-state index contributed by atoms with van der Waals surface area (Å²) in [5.74, 6) is -0.358. The quantitative estimate of drug-likeness (QED) is 0.293. The first-order valence-electron chi connectivity index (χ1n) is 5.07. The van der Waals surface area contributed by atoms with Crippen molar-refractivity contribution >= 4 is 23.0 Å². The average Bonchev–Trinajstić information content (AvgIpc) is 2.25. The average molecular weight is 238 g/mol. The number of anilines is 2. The van der Waals surface area contributed by atoms with Gasteiger partial charge in [-0.25, -0.2) is 0 Å². The molecule has 0 fully saturated rings. The molecule has 0 aliphatic carbocycles. The van der Waals surface area contributed by atoms with E-state index in [1.165, 1.54) is 18.2 Å². The molecule has 0 aliphatic rings. The number of hydrogen-bond acceptors (Lipinski definition) is 5. The second kappa shape index (κ2) is 5.69. The van der Waals surface area contributed by atoms with Gasteiger partial charge in [0.2, 0.25) is 5.91 Å². The van der Waals surface area contributed by atoms with Crippen molar-refractivity contribution in [1.82, 2.24) is 0 Å². The lowest BCUT2D eigenvalue weighted by molar-refractivity contribution is -0.384. The Hall–Kier alpha value is -2.31. The zero-order chi connectivity index (χ0) is 12.8. The topological polar surface area (TPSA) is 124 Å². The molecule has 7 heteroatoms. The van der Waals surface area contributed by atoms with Crippen LogP contribution in [0.1, 0.15) is 12.8 Å². The minimum Gasteiger partial charge on any atom is -0.397 e. The molecule has 92 valence electrons. The molecule has 1 amide bonds. The maximum absolute atomic E-state index is 10.5. The molecule has 0 spiro atoms. The van der Waals surface area contributed by atoms with Crippen LogP contribution >= 0.6 is 0 Å². The number of carbonyl (C=O) groups is 1. The Balaban J connectivity index is 2.54. The van der Waals surface area contributed by atoms with Gasteiger partial charge in [0.1, 0.15) is 0 Å². The molecule has 0 atom stereocenters. The number of nitrogen functional groups attached to an aromatic ring is 1. The number of benzene rings is 1. The summed E-state index contributed by atoms with van der Waals surface area (Å²) >= 11 is 0. The Labute approximate surface area is 97.9 Å². The number of rotatable bonds is 6. The third kappa shape index (κ3) is 3.98. The van der Waals surface area contributed by atoms with Crippen LogP contribution in [0.5, 0.6) is 0 Å². The number of primary amides is 1. The molecule has 0 saturated carbocycles. The zero-order valence-electron chi connectivity index (χ0n) is 9.18. The second-order valence-corrected chi connectivity index (χ2v) is 3.53. The summed E-state index contributed by atoms with van der Waals surface area (Å²) in [6.45, 7) is 0.533. The lowest BCUT2D eigenvalue weighted by Crippen LogP contribution is -2.13. The Morgan fingerprint density at radius 1 is 1.47 bits per heavy atom. The largest absolute Gasteiger partial charge is 0.397 e. The van der Waals surface area contributed by atoms with E-state index in [9.17, 15) is 14.9 Å². The van der Waals surface area contributed by atoms with E-state index < -0.39 is 4.92 Å². The summed E-state index contributed by atoms with van der Waals surface area (Å²) in [7, 11) is 0. The molecule has 0 aromatic heterocycles. The van der Waals surface area contributed by atoms with E-state index >= 15 is 0 Å². The number of nitrogens with zero attached hydrogens (tertiary/aromatic N) is 1. The Morgan fingerprint density at radius 3 is 2.71 bits per heavy atom. The van der Waals surface area contributed by atoms with Gasteiger partial charge in [-0.3, -0.25) is 14.9 Å². The highest BCUT2D eigenvalue weighted by Crippen LogP contribution is 2.23. The van der Waals surface area contributed by atoms with Gasteiger partial charge in [0.25, 0.3) is 5.69 Å². The molecule has 0 radical (unpaired) electrons. The summed E-state index contributed by atoms with van der Waals surface area (Å²) in [4.78, 5) is 20.5. The molecule has 0 aliphatic heterocycles. The fraction of sp³-hybridized carbons (Fsp3) is 0.300. The minimum atomic E-state index is -0.507. The van der Waals surface area contributed by atoms with Crippen LogP contribution in [-0.4, -0.2) is 17.4 Å². The number of nitro groups is 1. The summed E-state index contributed by atoms with van der Waals surface area (Å²) in [6, 6.07) is 4.20. The van der Waals surface area contributed by atoms with Gasteiger partial charge in [-0.05, 0) is 12.5 Å². The van der Waals surface area contributed by atoms with Crippen LogP contribution in [-0.2, 0) is 4.79 Å². The number of non-ortho nitro benzene ring substituents is 1. The van der Waals surface area contributed by atoms with Gasteiger partial charge in [-0.2, -0.15) is 0 Å². The summed E-state index contributed by atoms with van der Waals surface area (Å²) in [5, 5.41) is 13.5. The van der Waals surface area contributed by atoms with Crippen molar-refractivity contribution in [3.63, 3.8) is 0 Å². The van der Waals surface area contributed by atoms with Crippen LogP contribution in [0, 0.1) is 10.1 Å². The summed E-state index contributed by atoms with van der Waals surface area (Å²) < 4.78 is 0. The summed E-state index contributed by atoms with van der Waals surface area (Å²) in [6.07, 6.45) is 0.881. The van der Waals surface area contributed by atoms with Gasteiger partial charge in [0, 0.05) is 25.1 Å². The number of carbonyl (C=O) groups excluding carboxylic acids is 1. The van der Waals surface area contributed by atoms with Crippen LogP contribution < -0.4 is 16.8 Å². The fourth-order valence-corrected chi connectivity index (χ4v) is 1.31. The van der Waals surface area contributed by atoms with Crippen molar-refractivity contribution in [3.8, 4) is 0 Å². The van der Waals surface area contributed by atoms with Gasteiger partial charge in [0.15, 0.2) is 0 Å². The summed E-state index contributed by atoms with van der Waals surface area (Å²) in [5.41, 5.74) is 11.5. The predicted molar refractivity (Wildman–Crippen MR) is 64.4 cm³/mol. The monoisotopic (exact) mass is 238 g/mol. The van der Waals surface area contributed by atoms with E-state index in [0.717, 1.165) is 0 Å². The maximum atomic E-state index is 10.5. The Bertz CT molecular complexity index is 434. The van der Waals surface area contributed by atoms with Crippen molar-refractivity contribution in [3.05, 3.63) is 28.3 Å². The lowest BCUT2D eigenvalue weighted by atomic mass is 10.2. The van der Waals surface area contributed by atoms with E-state index in [2.05, 4.69) is 5.32 Å². The molecule has 0 saturated heterocycles. The minimum absolute atomic E-state index is 0.0508. The molecular formula is C10H14N4O3. The number of nitro benzene ring substituents is 1. The first kappa shape index (κ1) is 12.8. The number of nitrogens with two attached hydrogens (primary N) is 2. The van der Waals surface area contributed by atoms with E-state index in [1.54, 1.807) is 0 Å². The first-order chi connectivity index (χ1) is 8.00. The van der Waals surface area contributed by atoms with Crippen molar-refractivity contribution in [2.45, 2.75) is 12.8 Å². The fourth-order valence-electron chi connectivity index (χ4n) is 1.31. The second-order valence-electron chi connectivity index (χ2n) is 3.53. The molecule has 5 N–H and O–H groups in total. The molecule has 1 aromatic carbocycles. The molecule has 1 aromatic rings.